The number of methoxy groups -OCH3 is 1. The van der Waals surface area contributed by atoms with E-state index in [-0.39, 0.29) is 17.1 Å². The fourth-order valence-electron chi connectivity index (χ4n) is 1.76. The Morgan fingerprint density at radius 2 is 2.29 bits per heavy atom. The zero-order valence-corrected chi connectivity index (χ0v) is 11.2. The molecule has 1 N–H and O–H groups in total. The highest BCUT2D eigenvalue weighted by Gasteiger charge is 2.16. The average Bonchev–Trinajstić information content (AvgIpc) is 2.52. The summed E-state index contributed by atoms with van der Waals surface area (Å²) < 4.78 is 5.11. The molecule has 21 heavy (non-hydrogen) atoms. The molecule has 0 bridgehead atoms. The van der Waals surface area contributed by atoms with Gasteiger partial charge in [0.2, 0.25) is 5.82 Å². The first-order chi connectivity index (χ1) is 10.1. The number of pyridine rings is 1. The number of hydrogen-bond acceptors (Lipinski definition) is 6. The van der Waals surface area contributed by atoms with Gasteiger partial charge in [0.05, 0.1) is 17.6 Å². The van der Waals surface area contributed by atoms with Crippen molar-refractivity contribution in [1.82, 2.24) is 4.98 Å². The van der Waals surface area contributed by atoms with Gasteiger partial charge in [-0.05, 0) is 17.7 Å². The van der Waals surface area contributed by atoms with Crippen molar-refractivity contribution in [2.75, 3.05) is 12.4 Å². The van der Waals surface area contributed by atoms with Crippen LogP contribution in [0.15, 0.2) is 36.5 Å². The molecule has 1 aromatic heterocycles. The Kier molecular flexibility index (Phi) is 4.31. The molecule has 2 rings (SSSR count). The molecule has 7 nitrogen and oxygen atoms in total. The Labute approximate surface area is 121 Å². The number of rotatable bonds is 5. The number of aromatic nitrogens is 1. The van der Waals surface area contributed by atoms with Gasteiger partial charge in [-0.3, -0.25) is 10.1 Å². The van der Waals surface area contributed by atoms with E-state index in [1.165, 1.54) is 12.3 Å². The maximum Gasteiger partial charge on any atom is 0.312 e. The van der Waals surface area contributed by atoms with E-state index >= 15 is 0 Å². The molecule has 0 spiro atoms. The van der Waals surface area contributed by atoms with Crippen LogP contribution < -0.4 is 10.1 Å². The molecule has 0 saturated carbocycles. The van der Waals surface area contributed by atoms with E-state index in [0.717, 1.165) is 5.56 Å². The minimum atomic E-state index is -0.568. The van der Waals surface area contributed by atoms with Crippen LogP contribution in [0.1, 0.15) is 11.1 Å². The van der Waals surface area contributed by atoms with Crippen molar-refractivity contribution in [2.24, 2.45) is 0 Å². The number of nitrogens with one attached hydrogen (secondary N) is 1. The predicted molar refractivity (Wildman–Crippen MR) is 75.9 cm³/mol. The smallest absolute Gasteiger partial charge is 0.312 e. The molecule has 0 aliphatic carbocycles. The second-order valence-corrected chi connectivity index (χ2v) is 4.17. The molecule has 0 saturated heterocycles. The standard InChI is InChI=1S/C14H12N4O3/c1-21-12-4-2-3-10(5-12)8-16-14-13(18(19)20)6-11(7-15)9-17-14/h2-6,9H,8H2,1H3,(H,16,17). The number of nitriles is 1. The summed E-state index contributed by atoms with van der Waals surface area (Å²) in [6, 6.07) is 10.4. The average molecular weight is 284 g/mol. The zero-order chi connectivity index (χ0) is 15.2. The van der Waals surface area contributed by atoms with Crippen molar-refractivity contribution in [3.63, 3.8) is 0 Å². The largest absolute Gasteiger partial charge is 0.497 e. The van der Waals surface area contributed by atoms with E-state index in [9.17, 15) is 10.1 Å². The fraction of sp³-hybridized carbons (Fsp3) is 0.143. The lowest BCUT2D eigenvalue weighted by atomic mass is 10.2. The second kappa shape index (κ2) is 6.34. The molecular weight excluding hydrogens is 272 g/mol. The monoisotopic (exact) mass is 284 g/mol. The third-order valence-electron chi connectivity index (χ3n) is 2.79. The number of nitrogens with zero attached hydrogens (tertiary/aromatic N) is 3. The van der Waals surface area contributed by atoms with Crippen LogP contribution in [0.25, 0.3) is 0 Å². The Morgan fingerprint density at radius 3 is 2.95 bits per heavy atom. The molecule has 106 valence electrons. The van der Waals surface area contributed by atoms with Crippen molar-refractivity contribution in [2.45, 2.75) is 6.54 Å². The summed E-state index contributed by atoms with van der Waals surface area (Å²) >= 11 is 0. The van der Waals surface area contributed by atoms with Crippen LogP contribution in [-0.2, 0) is 6.54 Å². The number of nitro groups is 1. The maximum absolute atomic E-state index is 11.0. The van der Waals surface area contributed by atoms with Crippen LogP contribution in [-0.4, -0.2) is 17.0 Å². The van der Waals surface area contributed by atoms with Crippen molar-refractivity contribution >= 4 is 11.5 Å². The van der Waals surface area contributed by atoms with Crippen LogP contribution in [0.3, 0.4) is 0 Å². The lowest BCUT2D eigenvalue weighted by molar-refractivity contribution is -0.384. The number of anilines is 1. The van der Waals surface area contributed by atoms with Gasteiger partial charge in [-0.15, -0.1) is 0 Å². The lowest BCUT2D eigenvalue weighted by Gasteiger charge is -2.07. The first kappa shape index (κ1) is 14.3. The van der Waals surface area contributed by atoms with Crippen molar-refractivity contribution in [1.29, 1.82) is 5.26 Å². The molecular formula is C14H12N4O3. The molecule has 2 aromatic rings. The summed E-state index contributed by atoms with van der Waals surface area (Å²) in [7, 11) is 1.57. The van der Waals surface area contributed by atoms with E-state index in [1.807, 2.05) is 30.3 Å². The first-order valence-electron chi connectivity index (χ1n) is 6.05. The molecule has 1 aromatic carbocycles. The Morgan fingerprint density at radius 1 is 1.48 bits per heavy atom. The van der Waals surface area contributed by atoms with E-state index < -0.39 is 4.92 Å². The summed E-state index contributed by atoms with van der Waals surface area (Å²) in [6.45, 7) is 0.358. The normalized spacial score (nSPS) is 9.71. The first-order valence-corrected chi connectivity index (χ1v) is 6.05. The summed E-state index contributed by atoms with van der Waals surface area (Å²) in [6.07, 6.45) is 1.29. The molecule has 1 heterocycles. The SMILES string of the molecule is COc1cccc(CNc2ncc(C#N)cc2[N+](=O)[O-])c1. The molecule has 7 heteroatoms. The van der Waals surface area contributed by atoms with Crippen LogP contribution in [0.2, 0.25) is 0 Å². The zero-order valence-electron chi connectivity index (χ0n) is 11.2. The number of ether oxygens (including phenoxy) is 1. The van der Waals surface area contributed by atoms with Crippen molar-refractivity contribution < 1.29 is 9.66 Å². The van der Waals surface area contributed by atoms with Gasteiger partial charge >= 0.3 is 5.69 Å². The third kappa shape index (κ3) is 3.45. The second-order valence-electron chi connectivity index (χ2n) is 4.17. The Hall–Kier alpha value is -3.14. The van der Waals surface area contributed by atoms with Gasteiger partial charge in [0.25, 0.3) is 0 Å². The van der Waals surface area contributed by atoms with Gasteiger partial charge in [-0.2, -0.15) is 5.26 Å². The summed E-state index contributed by atoms with van der Waals surface area (Å²) in [5.41, 5.74) is 0.820. The van der Waals surface area contributed by atoms with Crippen LogP contribution in [0.4, 0.5) is 11.5 Å². The highest BCUT2D eigenvalue weighted by Crippen LogP contribution is 2.23. The van der Waals surface area contributed by atoms with Gasteiger partial charge in [0.1, 0.15) is 11.8 Å². The predicted octanol–water partition coefficient (Wildman–Crippen LogP) is 2.48. The maximum atomic E-state index is 11.0. The van der Waals surface area contributed by atoms with Crippen LogP contribution in [0, 0.1) is 21.4 Å². The van der Waals surface area contributed by atoms with Crippen molar-refractivity contribution in [3.05, 3.63) is 57.8 Å². The van der Waals surface area contributed by atoms with E-state index in [0.29, 0.717) is 12.3 Å². The van der Waals surface area contributed by atoms with Crippen LogP contribution in [0.5, 0.6) is 5.75 Å². The van der Waals surface area contributed by atoms with Gasteiger partial charge in [-0.1, -0.05) is 12.1 Å². The summed E-state index contributed by atoms with van der Waals surface area (Å²) in [5.74, 6) is 0.832. The Balaban J connectivity index is 2.19. The number of benzene rings is 1. The van der Waals surface area contributed by atoms with Gasteiger partial charge in [0, 0.05) is 18.8 Å². The quantitative estimate of drug-likeness (QED) is 0.668. The fourth-order valence-corrected chi connectivity index (χ4v) is 1.76. The van der Waals surface area contributed by atoms with Gasteiger partial charge < -0.3 is 10.1 Å². The molecule has 0 atom stereocenters. The molecule has 0 radical (unpaired) electrons. The molecule has 0 fully saturated rings. The van der Waals surface area contributed by atoms with Crippen molar-refractivity contribution in [3.8, 4) is 11.8 Å². The van der Waals surface area contributed by atoms with Gasteiger partial charge in [-0.25, -0.2) is 4.98 Å². The molecule has 0 unspecified atom stereocenters. The van der Waals surface area contributed by atoms with E-state index in [4.69, 9.17) is 10.00 Å². The van der Waals surface area contributed by atoms with E-state index in [1.54, 1.807) is 7.11 Å². The third-order valence-corrected chi connectivity index (χ3v) is 2.79. The lowest BCUT2D eigenvalue weighted by Crippen LogP contribution is -2.05. The molecule has 0 aliphatic rings. The topological polar surface area (TPSA) is 101 Å². The van der Waals surface area contributed by atoms with Gasteiger partial charge in [0.15, 0.2) is 0 Å². The molecule has 0 aliphatic heterocycles. The summed E-state index contributed by atoms with van der Waals surface area (Å²) in [4.78, 5) is 14.4. The highest BCUT2D eigenvalue weighted by atomic mass is 16.6. The molecule has 0 amide bonds. The summed E-state index contributed by atoms with van der Waals surface area (Å²) in [5, 5.41) is 22.6. The minimum absolute atomic E-state index is 0.127. The number of hydrogen-bond donors (Lipinski definition) is 1. The Bertz CT molecular complexity index is 710. The van der Waals surface area contributed by atoms with E-state index in [2.05, 4.69) is 10.3 Å². The van der Waals surface area contributed by atoms with Crippen LogP contribution >= 0.6 is 0 Å². The minimum Gasteiger partial charge on any atom is -0.497 e. The highest BCUT2D eigenvalue weighted by molar-refractivity contribution is 5.58.